The lowest BCUT2D eigenvalue weighted by Gasteiger charge is -2.07. The van der Waals surface area contributed by atoms with Crippen LogP contribution < -0.4 is 5.32 Å². The van der Waals surface area contributed by atoms with Crippen molar-refractivity contribution >= 4 is 37.2 Å². The Hall–Kier alpha value is -1.15. The molecule has 18 heavy (non-hydrogen) atoms. The van der Waals surface area contributed by atoms with Crippen LogP contribution in [0.2, 0.25) is 0 Å². The van der Waals surface area contributed by atoms with Crippen LogP contribution in [-0.4, -0.2) is 41.3 Å². The van der Waals surface area contributed by atoms with Crippen LogP contribution in [0.15, 0.2) is 23.2 Å². The topological polar surface area (TPSA) is 76.4 Å². The summed E-state index contributed by atoms with van der Waals surface area (Å²) in [6, 6.07) is 0. The smallest absolute Gasteiger partial charge is 0.180 e. The second-order valence-electron chi connectivity index (χ2n) is 3.98. The van der Waals surface area contributed by atoms with Crippen LogP contribution in [0.3, 0.4) is 0 Å². The summed E-state index contributed by atoms with van der Waals surface area (Å²) in [5.41, 5.74) is 0.720. The van der Waals surface area contributed by atoms with Gasteiger partial charge in [-0.3, -0.25) is 0 Å². The number of sulfone groups is 1. The van der Waals surface area contributed by atoms with Gasteiger partial charge in [0.15, 0.2) is 11.5 Å². The van der Waals surface area contributed by atoms with E-state index in [0.29, 0.717) is 23.4 Å². The molecule has 0 aliphatic rings. The quantitative estimate of drug-likeness (QED) is 0.836. The minimum Gasteiger partial charge on any atom is -0.367 e. The number of imidazole rings is 1. The van der Waals surface area contributed by atoms with Crippen LogP contribution in [0.25, 0.3) is 5.65 Å². The fraction of sp³-hybridized carbons (Fsp3) is 0.400. The van der Waals surface area contributed by atoms with Crippen molar-refractivity contribution in [3.8, 4) is 0 Å². The first-order chi connectivity index (χ1) is 8.46. The maximum atomic E-state index is 11.0. The van der Waals surface area contributed by atoms with E-state index in [1.165, 1.54) is 6.26 Å². The average Bonchev–Trinajstić information content (AvgIpc) is 2.70. The summed E-state index contributed by atoms with van der Waals surface area (Å²) >= 11 is 3.31. The zero-order valence-electron chi connectivity index (χ0n) is 9.80. The van der Waals surface area contributed by atoms with Crippen LogP contribution in [0.4, 0.5) is 5.82 Å². The molecule has 0 fully saturated rings. The summed E-state index contributed by atoms with van der Waals surface area (Å²) in [6.07, 6.45) is 7.09. The molecule has 0 atom stereocenters. The van der Waals surface area contributed by atoms with E-state index in [1.807, 2.05) is 16.8 Å². The fourth-order valence-corrected chi connectivity index (χ4v) is 2.63. The second kappa shape index (κ2) is 5.23. The van der Waals surface area contributed by atoms with Crippen molar-refractivity contribution in [2.24, 2.45) is 0 Å². The molecule has 2 aromatic rings. The Bertz CT molecular complexity index is 653. The van der Waals surface area contributed by atoms with E-state index in [1.54, 1.807) is 6.20 Å². The van der Waals surface area contributed by atoms with Crippen molar-refractivity contribution in [1.29, 1.82) is 0 Å². The van der Waals surface area contributed by atoms with Gasteiger partial charge in [0, 0.05) is 31.4 Å². The maximum Gasteiger partial charge on any atom is 0.180 e. The number of hydrogen-bond donors (Lipinski definition) is 1. The summed E-state index contributed by atoms with van der Waals surface area (Å²) in [4.78, 5) is 8.47. The first kappa shape index (κ1) is 13.3. The van der Waals surface area contributed by atoms with Gasteiger partial charge in [-0.1, -0.05) is 0 Å². The van der Waals surface area contributed by atoms with Gasteiger partial charge in [0.2, 0.25) is 0 Å². The molecule has 0 unspecified atom stereocenters. The van der Waals surface area contributed by atoms with Gasteiger partial charge in [0.25, 0.3) is 0 Å². The van der Waals surface area contributed by atoms with E-state index in [0.717, 1.165) is 5.65 Å². The van der Waals surface area contributed by atoms with Crippen molar-refractivity contribution in [3.63, 3.8) is 0 Å². The van der Waals surface area contributed by atoms with Gasteiger partial charge in [0.1, 0.15) is 14.4 Å². The van der Waals surface area contributed by atoms with Crippen molar-refractivity contribution in [2.45, 2.75) is 6.42 Å². The molecule has 0 amide bonds. The summed E-state index contributed by atoms with van der Waals surface area (Å²) in [7, 11) is -2.91. The first-order valence-corrected chi connectivity index (χ1v) is 8.22. The van der Waals surface area contributed by atoms with Crippen LogP contribution in [-0.2, 0) is 9.84 Å². The highest BCUT2D eigenvalue weighted by molar-refractivity contribution is 9.10. The van der Waals surface area contributed by atoms with Crippen LogP contribution in [0.5, 0.6) is 0 Å². The molecular weight excluding hydrogens is 320 g/mol. The van der Waals surface area contributed by atoms with Gasteiger partial charge in [0.05, 0.1) is 5.75 Å². The third kappa shape index (κ3) is 3.42. The largest absolute Gasteiger partial charge is 0.367 e. The molecule has 0 bridgehead atoms. The lowest BCUT2D eigenvalue weighted by molar-refractivity contribution is 0.600. The number of halogens is 1. The highest BCUT2D eigenvalue weighted by Crippen LogP contribution is 2.16. The number of nitrogens with zero attached hydrogens (tertiary/aromatic N) is 3. The molecule has 2 heterocycles. The van der Waals surface area contributed by atoms with Gasteiger partial charge in [-0.15, -0.1) is 0 Å². The SMILES string of the molecule is CS(=O)(=O)CCCNc1nc(Br)cn2ccnc12. The Morgan fingerprint density at radius 1 is 1.50 bits per heavy atom. The lowest BCUT2D eigenvalue weighted by Crippen LogP contribution is -2.11. The minimum atomic E-state index is -2.91. The maximum absolute atomic E-state index is 11.0. The molecular formula is C10H13BrN4O2S. The lowest BCUT2D eigenvalue weighted by atomic mass is 10.4. The van der Waals surface area contributed by atoms with E-state index < -0.39 is 9.84 Å². The zero-order chi connectivity index (χ0) is 13.2. The molecule has 1 N–H and O–H groups in total. The van der Waals surface area contributed by atoms with Crippen molar-refractivity contribution in [3.05, 3.63) is 23.2 Å². The van der Waals surface area contributed by atoms with Gasteiger partial charge in [-0.05, 0) is 22.4 Å². The van der Waals surface area contributed by atoms with Crippen LogP contribution >= 0.6 is 15.9 Å². The highest BCUT2D eigenvalue weighted by atomic mass is 79.9. The number of hydrogen-bond acceptors (Lipinski definition) is 5. The van der Waals surface area contributed by atoms with Crippen LogP contribution in [0, 0.1) is 0 Å². The van der Waals surface area contributed by atoms with E-state index in [9.17, 15) is 8.42 Å². The number of rotatable bonds is 5. The average molecular weight is 333 g/mol. The van der Waals surface area contributed by atoms with Gasteiger partial charge >= 0.3 is 0 Å². The van der Waals surface area contributed by atoms with E-state index in [-0.39, 0.29) is 5.75 Å². The normalized spacial score (nSPS) is 11.9. The number of anilines is 1. The van der Waals surface area contributed by atoms with E-state index in [4.69, 9.17) is 0 Å². The summed E-state index contributed by atoms with van der Waals surface area (Å²) < 4.78 is 24.5. The van der Waals surface area contributed by atoms with E-state index in [2.05, 4.69) is 31.2 Å². The molecule has 98 valence electrons. The van der Waals surface area contributed by atoms with Crippen molar-refractivity contribution < 1.29 is 8.42 Å². The highest BCUT2D eigenvalue weighted by Gasteiger charge is 2.06. The molecule has 0 saturated carbocycles. The Labute approximate surface area is 113 Å². The van der Waals surface area contributed by atoms with Crippen molar-refractivity contribution in [1.82, 2.24) is 14.4 Å². The molecule has 2 aromatic heterocycles. The Balaban J connectivity index is 2.05. The molecule has 0 saturated heterocycles. The third-order valence-corrected chi connectivity index (χ3v) is 3.74. The minimum absolute atomic E-state index is 0.165. The monoisotopic (exact) mass is 332 g/mol. The molecule has 0 spiro atoms. The summed E-state index contributed by atoms with van der Waals surface area (Å²) in [5.74, 6) is 0.807. The molecule has 0 radical (unpaired) electrons. The number of fused-ring (bicyclic) bond motifs is 1. The first-order valence-electron chi connectivity index (χ1n) is 5.36. The molecule has 0 aliphatic heterocycles. The summed E-state index contributed by atoms with van der Waals surface area (Å²) in [6.45, 7) is 0.541. The predicted octanol–water partition coefficient (Wildman–Crippen LogP) is 1.34. The molecule has 8 heteroatoms. The van der Waals surface area contributed by atoms with Gasteiger partial charge in [-0.25, -0.2) is 18.4 Å². The predicted molar refractivity (Wildman–Crippen MR) is 73.5 cm³/mol. The zero-order valence-corrected chi connectivity index (χ0v) is 12.2. The number of nitrogens with one attached hydrogen (secondary N) is 1. The molecule has 6 nitrogen and oxygen atoms in total. The number of aromatic nitrogens is 3. The van der Waals surface area contributed by atoms with Crippen LogP contribution in [0.1, 0.15) is 6.42 Å². The van der Waals surface area contributed by atoms with Gasteiger partial charge in [-0.2, -0.15) is 0 Å². The van der Waals surface area contributed by atoms with E-state index >= 15 is 0 Å². The Morgan fingerprint density at radius 3 is 3.00 bits per heavy atom. The third-order valence-electron chi connectivity index (χ3n) is 2.33. The van der Waals surface area contributed by atoms with Crippen molar-refractivity contribution in [2.75, 3.05) is 23.9 Å². The Kier molecular flexibility index (Phi) is 3.86. The van der Waals surface area contributed by atoms with Gasteiger partial charge < -0.3 is 9.72 Å². The Morgan fingerprint density at radius 2 is 2.28 bits per heavy atom. The standard InChI is InChI=1S/C10H13BrN4O2S/c1-18(16,17)6-2-3-12-9-10-13-4-5-15(10)7-8(11)14-9/h4-5,7H,2-3,6H2,1H3,(H,12,14). The summed E-state index contributed by atoms with van der Waals surface area (Å²) in [5, 5.41) is 3.10. The molecule has 0 aromatic carbocycles. The second-order valence-corrected chi connectivity index (χ2v) is 7.05. The molecule has 2 rings (SSSR count). The fourth-order valence-electron chi connectivity index (χ4n) is 1.56. The molecule has 0 aliphatic carbocycles.